The van der Waals surface area contributed by atoms with Crippen molar-refractivity contribution in [2.24, 2.45) is 5.41 Å². The van der Waals surface area contributed by atoms with Crippen molar-refractivity contribution >= 4 is 11.3 Å². The molecule has 1 N–H and O–H groups in total. The standard InChI is InChI=1S/C18H24N2OS/c1-15(21)18(7-6-17-5-3-11-22-17)8-10-20(14-18)13-16-4-2-9-19-12-16/h2-5,9,11-12,15,21H,6-8,10,13-14H2,1H3/t15-,18-/m1/s1. The van der Waals surface area contributed by atoms with Gasteiger partial charge in [-0.25, -0.2) is 0 Å². The molecule has 22 heavy (non-hydrogen) atoms. The molecule has 1 fully saturated rings. The molecule has 2 aromatic rings. The lowest BCUT2D eigenvalue weighted by Crippen LogP contribution is -2.36. The highest BCUT2D eigenvalue weighted by Gasteiger charge is 2.41. The molecular weight excluding hydrogens is 292 g/mol. The minimum absolute atomic E-state index is 0.0339. The van der Waals surface area contributed by atoms with Crippen molar-refractivity contribution in [3.8, 4) is 0 Å². The summed E-state index contributed by atoms with van der Waals surface area (Å²) >= 11 is 1.82. The average Bonchev–Trinajstić information content (AvgIpc) is 3.16. The summed E-state index contributed by atoms with van der Waals surface area (Å²) < 4.78 is 0. The highest BCUT2D eigenvalue weighted by molar-refractivity contribution is 7.09. The van der Waals surface area contributed by atoms with Gasteiger partial charge < -0.3 is 5.11 Å². The first kappa shape index (κ1) is 15.7. The Morgan fingerprint density at radius 3 is 3.00 bits per heavy atom. The fraction of sp³-hybridized carbons (Fsp3) is 0.500. The Kier molecular flexibility index (Phi) is 4.91. The van der Waals surface area contributed by atoms with Crippen LogP contribution in [0.4, 0.5) is 0 Å². The molecule has 1 aliphatic heterocycles. The average molecular weight is 316 g/mol. The maximum atomic E-state index is 10.4. The summed E-state index contributed by atoms with van der Waals surface area (Å²) in [6.45, 7) is 4.93. The SMILES string of the molecule is C[C@@H](O)[C@]1(CCc2cccs2)CCN(Cc2cccnc2)C1. The van der Waals surface area contributed by atoms with Crippen LogP contribution in [0.2, 0.25) is 0 Å². The number of hydrogen-bond acceptors (Lipinski definition) is 4. The van der Waals surface area contributed by atoms with Gasteiger partial charge in [-0.3, -0.25) is 9.88 Å². The van der Waals surface area contributed by atoms with Gasteiger partial charge >= 0.3 is 0 Å². The van der Waals surface area contributed by atoms with Crippen molar-refractivity contribution in [3.63, 3.8) is 0 Å². The van der Waals surface area contributed by atoms with Gasteiger partial charge in [-0.15, -0.1) is 11.3 Å². The van der Waals surface area contributed by atoms with Gasteiger partial charge in [0.1, 0.15) is 0 Å². The van der Waals surface area contributed by atoms with Crippen LogP contribution in [0.15, 0.2) is 42.0 Å². The summed E-state index contributed by atoms with van der Waals surface area (Å²) in [5.41, 5.74) is 1.29. The minimum Gasteiger partial charge on any atom is -0.393 e. The quantitative estimate of drug-likeness (QED) is 0.888. The second-order valence-electron chi connectivity index (χ2n) is 6.44. The zero-order valence-corrected chi connectivity index (χ0v) is 13.9. The molecule has 2 aromatic heterocycles. The number of thiophene rings is 1. The second-order valence-corrected chi connectivity index (χ2v) is 7.47. The van der Waals surface area contributed by atoms with Crippen LogP contribution in [0.25, 0.3) is 0 Å². The fourth-order valence-corrected chi connectivity index (χ4v) is 4.16. The number of likely N-dealkylation sites (tertiary alicyclic amines) is 1. The number of pyridine rings is 1. The highest BCUT2D eigenvalue weighted by atomic mass is 32.1. The van der Waals surface area contributed by atoms with Crippen LogP contribution in [0.1, 0.15) is 30.2 Å². The van der Waals surface area contributed by atoms with Crippen LogP contribution < -0.4 is 0 Å². The zero-order chi connectivity index (χ0) is 15.4. The number of hydrogen-bond donors (Lipinski definition) is 1. The molecule has 0 unspecified atom stereocenters. The van der Waals surface area contributed by atoms with E-state index >= 15 is 0 Å². The van der Waals surface area contributed by atoms with Crippen molar-refractivity contribution in [2.45, 2.75) is 38.8 Å². The first-order valence-corrected chi connectivity index (χ1v) is 8.88. The Morgan fingerprint density at radius 1 is 1.41 bits per heavy atom. The molecule has 0 radical (unpaired) electrons. The molecule has 0 bridgehead atoms. The van der Waals surface area contributed by atoms with E-state index in [-0.39, 0.29) is 11.5 Å². The van der Waals surface area contributed by atoms with E-state index in [9.17, 15) is 5.11 Å². The van der Waals surface area contributed by atoms with Crippen molar-refractivity contribution in [2.75, 3.05) is 13.1 Å². The number of aliphatic hydroxyl groups excluding tert-OH is 1. The predicted molar refractivity (Wildman–Crippen MR) is 90.9 cm³/mol. The third-order valence-electron chi connectivity index (χ3n) is 4.93. The van der Waals surface area contributed by atoms with Gasteiger partial charge in [-0.2, -0.15) is 0 Å². The van der Waals surface area contributed by atoms with Gasteiger partial charge in [0.2, 0.25) is 0 Å². The van der Waals surface area contributed by atoms with E-state index in [0.717, 1.165) is 38.9 Å². The first-order valence-electron chi connectivity index (χ1n) is 8.00. The largest absolute Gasteiger partial charge is 0.393 e. The summed E-state index contributed by atoms with van der Waals surface area (Å²) in [5, 5.41) is 12.5. The van der Waals surface area contributed by atoms with Gasteiger partial charge in [0.25, 0.3) is 0 Å². The molecule has 3 heterocycles. The molecule has 4 heteroatoms. The Hall–Kier alpha value is -1.23. The molecular formula is C18H24N2OS. The molecule has 0 spiro atoms. The number of aromatic nitrogens is 1. The molecule has 0 amide bonds. The Labute approximate surface area is 136 Å². The van der Waals surface area contributed by atoms with E-state index in [1.54, 1.807) is 0 Å². The monoisotopic (exact) mass is 316 g/mol. The summed E-state index contributed by atoms with van der Waals surface area (Å²) in [5.74, 6) is 0. The molecule has 118 valence electrons. The minimum atomic E-state index is -0.258. The number of aryl methyl sites for hydroxylation is 1. The number of rotatable bonds is 6. The molecule has 0 saturated carbocycles. The van der Waals surface area contributed by atoms with Crippen LogP contribution in [0, 0.1) is 5.41 Å². The Bertz CT molecular complexity index is 570. The van der Waals surface area contributed by atoms with Crippen molar-refractivity contribution in [3.05, 3.63) is 52.5 Å². The van der Waals surface area contributed by atoms with E-state index in [2.05, 4.69) is 33.5 Å². The lowest BCUT2D eigenvalue weighted by Gasteiger charge is -2.32. The van der Waals surface area contributed by atoms with E-state index in [0.29, 0.717) is 0 Å². The van der Waals surface area contributed by atoms with E-state index in [1.165, 1.54) is 10.4 Å². The lowest BCUT2D eigenvalue weighted by atomic mass is 9.77. The smallest absolute Gasteiger partial charge is 0.0581 e. The normalized spacial score (nSPS) is 23.7. The van der Waals surface area contributed by atoms with Crippen molar-refractivity contribution in [1.29, 1.82) is 0 Å². The van der Waals surface area contributed by atoms with Gasteiger partial charge in [0, 0.05) is 35.8 Å². The maximum Gasteiger partial charge on any atom is 0.0581 e. The van der Waals surface area contributed by atoms with Crippen LogP contribution in [0.5, 0.6) is 0 Å². The molecule has 1 aliphatic rings. The summed E-state index contributed by atoms with van der Waals surface area (Å²) in [6, 6.07) is 8.42. The van der Waals surface area contributed by atoms with E-state index in [4.69, 9.17) is 0 Å². The van der Waals surface area contributed by atoms with E-state index < -0.39 is 0 Å². The lowest BCUT2D eigenvalue weighted by molar-refractivity contribution is 0.0375. The predicted octanol–water partition coefficient (Wildman–Crippen LogP) is 3.35. The first-order chi connectivity index (χ1) is 10.7. The van der Waals surface area contributed by atoms with E-state index in [1.807, 2.05) is 36.7 Å². The number of aliphatic hydroxyl groups is 1. The van der Waals surface area contributed by atoms with Crippen LogP contribution in [-0.2, 0) is 13.0 Å². The fourth-order valence-electron chi connectivity index (χ4n) is 3.45. The third kappa shape index (κ3) is 3.57. The molecule has 1 saturated heterocycles. The van der Waals surface area contributed by atoms with Gasteiger partial charge in [0.15, 0.2) is 0 Å². The summed E-state index contributed by atoms with van der Waals surface area (Å²) in [4.78, 5) is 8.07. The van der Waals surface area contributed by atoms with Crippen LogP contribution in [0.3, 0.4) is 0 Å². The third-order valence-corrected chi connectivity index (χ3v) is 5.87. The summed E-state index contributed by atoms with van der Waals surface area (Å²) in [6.07, 6.45) is 6.71. The summed E-state index contributed by atoms with van der Waals surface area (Å²) in [7, 11) is 0. The van der Waals surface area contributed by atoms with Gasteiger partial charge in [0.05, 0.1) is 6.10 Å². The highest BCUT2D eigenvalue weighted by Crippen LogP contribution is 2.39. The maximum absolute atomic E-state index is 10.4. The van der Waals surface area contributed by atoms with Crippen molar-refractivity contribution < 1.29 is 5.11 Å². The van der Waals surface area contributed by atoms with Gasteiger partial charge in [-0.05, 0) is 55.8 Å². The Balaban J connectivity index is 1.62. The topological polar surface area (TPSA) is 36.4 Å². The molecule has 2 atom stereocenters. The molecule has 0 aromatic carbocycles. The molecule has 3 rings (SSSR count). The number of nitrogens with zero attached hydrogens (tertiary/aromatic N) is 2. The molecule has 0 aliphatic carbocycles. The van der Waals surface area contributed by atoms with Crippen molar-refractivity contribution in [1.82, 2.24) is 9.88 Å². The molecule has 3 nitrogen and oxygen atoms in total. The second kappa shape index (κ2) is 6.90. The van der Waals surface area contributed by atoms with Gasteiger partial charge in [-0.1, -0.05) is 12.1 Å². The van der Waals surface area contributed by atoms with Crippen LogP contribution >= 0.6 is 11.3 Å². The zero-order valence-electron chi connectivity index (χ0n) is 13.1. The Morgan fingerprint density at radius 2 is 2.32 bits per heavy atom. The van der Waals surface area contributed by atoms with Crippen LogP contribution in [-0.4, -0.2) is 34.2 Å².